The van der Waals surface area contributed by atoms with Gasteiger partial charge in [0, 0.05) is 6.54 Å². The molecule has 1 heterocycles. The number of anilines is 1. The number of alkyl halides is 3. The van der Waals surface area contributed by atoms with Gasteiger partial charge < -0.3 is 19.5 Å². The van der Waals surface area contributed by atoms with Crippen LogP contribution in [0.25, 0.3) is 0 Å². The molecule has 0 aliphatic carbocycles. The highest BCUT2D eigenvalue weighted by molar-refractivity contribution is 7.92. The maximum Gasteiger partial charge on any atom is 0.573 e. The van der Waals surface area contributed by atoms with Crippen LogP contribution >= 0.6 is 0 Å². The summed E-state index contributed by atoms with van der Waals surface area (Å²) in [5, 5.41) is 2.71. The molecule has 3 aromatic carbocycles. The molecule has 0 spiro atoms. The molecule has 2 N–H and O–H groups in total. The first kappa shape index (κ1) is 23.2. The predicted octanol–water partition coefficient (Wildman–Crippen LogP) is 4.04. The lowest BCUT2D eigenvalue weighted by Gasteiger charge is -2.14. The second-order valence-electron chi connectivity index (χ2n) is 7.04. The van der Waals surface area contributed by atoms with Crippen molar-refractivity contribution in [1.82, 2.24) is 5.32 Å². The number of fused-ring (bicyclic) bond motifs is 1. The Kier molecular flexibility index (Phi) is 6.24. The molecule has 0 saturated heterocycles. The number of rotatable bonds is 7. The minimum atomic E-state index is -4.90. The summed E-state index contributed by atoms with van der Waals surface area (Å²) >= 11 is 0. The molecule has 0 radical (unpaired) electrons. The SMILES string of the molecule is O=C(NCc1ccc2c(c1)OCO2)c1ccccc1NS(=O)(=O)c1ccc(OC(F)(F)F)cc1. The third-order valence-corrected chi connectivity index (χ3v) is 6.06. The van der Waals surface area contributed by atoms with Gasteiger partial charge in [-0.1, -0.05) is 18.2 Å². The van der Waals surface area contributed by atoms with Crippen molar-refractivity contribution in [2.75, 3.05) is 11.5 Å². The summed E-state index contributed by atoms with van der Waals surface area (Å²) in [4.78, 5) is 12.4. The van der Waals surface area contributed by atoms with E-state index in [9.17, 15) is 26.4 Å². The average Bonchev–Trinajstić information content (AvgIpc) is 3.25. The number of amides is 1. The van der Waals surface area contributed by atoms with Gasteiger partial charge in [-0.3, -0.25) is 9.52 Å². The van der Waals surface area contributed by atoms with E-state index in [1.807, 2.05) is 0 Å². The van der Waals surface area contributed by atoms with Gasteiger partial charge in [0.05, 0.1) is 16.1 Å². The Morgan fingerprint density at radius 2 is 1.68 bits per heavy atom. The summed E-state index contributed by atoms with van der Waals surface area (Å²) in [6, 6.07) is 14.8. The van der Waals surface area contributed by atoms with Crippen LogP contribution in [0, 0.1) is 0 Å². The van der Waals surface area contributed by atoms with E-state index < -0.39 is 28.0 Å². The zero-order chi connectivity index (χ0) is 24.3. The number of hydrogen-bond acceptors (Lipinski definition) is 6. The molecule has 0 saturated carbocycles. The lowest BCUT2D eigenvalue weighted by atomic mass is 10.1. The quantitative estimate of drug-likeness (QED) is 0.514. The molecule has 1 aliphatic heterocycles. The zero-order valence-electron chi connectivity index (χ0n) is 17.3. The molecule has 3 aromatic rings. The fourth-order valence-electron chi connectivity index (χ4n) is 3.12. The number of carbonyl (C=O) groups is 1. The Balaban J connectivity index is 1.46. The predicted molar refractivity (Wildman–Crippen MR) is 114 cm³/mol. The van der Waals surface area contributed by atoms with Crippen molar-refractivity contribution < 1.29 is 40.6 Å². The molecule has 4 rings (SSSR count). The van der Waals surface area contributed by atoms with E-state index in [4.69, 9.17) is 9.47 Å². The Morgan fingerprint density at radius 1 is 0.971 bits per heavy atom. The fourth-order valence-corrected chi connectivity index (χ4v) is 4.20. The lowest BCUT2D eigenvalue weighted by Crippen LogP contribution is -2.25. The second-order valence-corrected chi connectivity index (χ2v) is 8.72. The van der Waals surface area contributed by atoms with E-state index in [0.717, 1.165) is 29.8 Å². The van der Waals surface area contributed by atoms with Crippen molar-refractivity contribution in [2.24, 2.45) is 0 Å². The fraction of sp³-hybridized carbons (Fsp3) is 0.136. The van der Waals surface area contributed by atoms with Crippen LogP contribution in [-0.2, 0) is 16.6 Å². The number of hydrogen-bond donors (Lipinski definition) is 2. The molecule has 0 bridgehead atoms. The highest BCUT2D eigenvalue weighted by Gasteiger charge is 2.31. The summed E-state index contributed by atoms with van der Waals surface area (Å²) in [5.41, 5.74) is 0.807. The van der Waals surface area contributed by atoms with Crippen LogP contribution in [0.2, 0.25) is 0 Å². The van der Waals surface area contributed by atoms with Crippen LogP contribution in [0.15, 0.2) is 71.6 Å². The largest absolute Gasteiger partial charge is 0.573 e. The van der Waals surface area contributed by atoms with Crippen LogP contribution in [0.1, 0.15) is 15.9 Å². The number of carbonyl (C=O) groups excluding carboxylic acids is 1. The van der Waals surface area contributed by atoms with E-state index in [1.165, 1.54) is 18.2 Å². The number of benzene rings is 3. The minimum Gasteiger partial charge on any atom is -0.454 e. The Labute approximate surface area is 192 Å². The molecule has 178 valence electrons. The highest BCUT2D eigenvalue weighted by Crippen LogP contribution is 2.32. The van der Waals surface area contributed by atoms with Gasteiger partial charge in [0.2, 0.25) is 6.79 Å². The minimum absolute atomic E-state index is 0.00121. The first-order valence-corrected chi connectivity index (χ1v) is 11.2. The number of halogens is 3. The van der Waals surface area contributed by atoms with Gasteiger partial charge in [0.25, 0.3) is 15.9 Å². The van der Waals surface area contributed by atoms with Crippen molar-refractivity contribution in [3.05, 3.63) is 77.9 Å². The number of para-hydroxylation sites is 1. The maximum atomic E-state index is 12.7. The van der Waals surface area contributed by atoms with Gasteiger partial charge in [-0.15, -0.1) is 13.2 Å². The smallest absolute Gasteiger partial charge is 0.454 e. The first-order valence-electron chi connectivity index (χ1n) is 9.75. The summed E-state index contributed by atoms with van der Waals surface area (Å²) in [6.45, 7) is 0.272. The Hall–Kier alpha value is -3.93. The van der Waals surface area contributed by atoms with Gasteiger partial charge in [0.15, 0.2) is 11.5 Å². The van der Waals surface area contributed by atoms with Gasteiger partial charge in [-0.25, -0.2) is 8.42 Å². The summed E-state index contributed by atoms with van der Waals surface area (Å²) in [7, 11) is -4.20. The number of ether oxygens (including phenoxy) is 3. The van der Waals surface area contributed by atoms with Crippen molar-refractivity contribution in [2.45, 2.75) is 17.8 Å². The Bertz CT molecular complexity index is 1310. The normalized spacial score (nSPS) is 12.8. The van der Waals surface area contributed by atoms with E-state index in [-0.39, 0.29) is 29.5 Å². The number of nitrogens with one attached hydrogen (secondary N) is 2. The molecule has 12 heteroatoms. The van der Waals surface area contributed by atoms with Crippen LogP contribution < -0.4 is 24.2 Å². The molecule has 0 unspecified atom stereocenters. The molecule has 34 heavy (non-hydrogen) atoms. The van der Waals surface area contributed by atoms with Gasteiger partial charge in [0.1, 0.15) is 5.75 Å². The summed E-state index contributed by atoms with van der Waals surface area (Å²) in [6.07, 6.45) is -4.90. The third-order valence-electron chi connectivity index (χ3n) is 4.67. The molecule has 0 fully saturated rings. The highest BCUT2D eigenvalue weighted by atomic mass is 32.2. The molecule has 1 amide bonds. The topological polar surface area (TPSA) is 103 Å². The molecular formula is C22H17F3N2O6S. The molecular weight excluding hydrogens is 477 g/mol. The molecule has 0 atom stereocenters. The van der Waals surface area contributed by atoms with E-state index >= 15 is 0 Å². The van der Waals surface area contributed by atoms with Crippen molar-refractivity contribution in [3.63, 3.8) is 0 Å². The maximum absolute atomic E-state index is 12.7. The first-order chi connectivity index (χ1) is 16.1. The zero-order valence-corrected chi connectivity index (χ0v) is 18.1. The van der Waals surface area contributed by atoms with E-state index in [0.29, 0.717) is 11.5 Å². The second kappa shape index (κ2) is 9.14. The van der Waals surface area contributed by atoms with Crippen molar-refractivity contribution in [3.8, 4) is 17.2 Å². The third kappa shape index (κ3) is 5.52. The van der Waals surface area contributed by atoms with Gasteiger partial charge >= 0.3 is 6.36 Å². The van der Waals surface area contributed by atoms with Gasteiger partial charge in [-0.2, -0.15) is 0 Å². The summed E-state index contributed by atoms with van der Waals surface area (Å²) in [5.74, 6) is 0.0685. The monoisotopic (exact) mass is 494 g/mol. The molecule has 8 nitrogen and oxygen atoms in total. The molecule has 0 aromatic heterocycles. The lowest BCUT2D eigenvalue weighted by molar-refractivity contribution is -0.274. The standard InChI is InChI=1S/C22H17F3N2O6S/c23-22(24,25)33-15-6-8-16(9-7-15)34(29,30)27-18-4-2-1-3-17(18)21(28)26-12-14-5-10-19-20(11-14)32-13-31-19/h1-11,27H,12-13H2,(H,26,28). The average molecular weight is 494 g/mol. The van der Waals surface area contributed by atoms with Crippen molar-refractivity contribution >= 4 is 21.6 Å². The van der Waals surface area contributed by atoms with Crippen LogP contribution in [0.3, 0.4) is 0 Å². The van der Waals surface area contributed by atoms with E-state index in [1.54, 1.807) is 24.3 Å². The van der Waals surface area contributed by atoms with Crippen LogP contribution in [0.5, 0.6) is 17.2 Å². The van der Waals surface area contributed by atoms with Crippen LogP contribution in [-0.4, -0.2) is 27.5 Å². The Morgan fingerprint density at radius 3 is 2.41 bits per heavy atom. The van der Waals surface area contributed by atoms with Gasteiger partial charge in [-0.05, 0) is 54.1 Å². The van der Waals surface area contributed by atoms with Crippen LogP contribution in [0.4, 0.5) is 18.9 Å². The van der Waals surface area contributed by atoms with Crippen molar-refractivity contribution in [1.29, 1.82) is 0 Å². The summed E-state index contributed by atoms with van der Waals surface area (Å²) < 4.78 is 79.0. The number of sulfonamides is 1. The van der Waals surface area contributed by atoms with E-state index in [2.05, 4.69) is 14.8 Å². The molecule has 1 aliphatic rings.